The van der Waals surface area contributed by atoms with E-state index in [-0.39, 0.29) is 0 Å². The van der Waals surface area contributed by atoms with E-state index >= 15 is 0 Å². The van der Waals surface area contributed by atoms with E-state index < -0.39 is 5.97 Å². The molecule has 4 nitrogen and oxygen atoms in total. The summed E-state index contributed by atoms with van der Waals surface area (Å²) in [7, 11) is 0. The molecule has 4 heteroatoms. The molecule has 0 saturated carbocycles. The summed E-state index contributed by atoms with van der Waals surface area (Å²) in [6.07, 6.45) is 3.79. The first-order valence-corrected chi connectivity index (χ1v) is 5.31. The fourth-order valence-corrected chi connectivity index (χ4v) is 0.911. The summed E-state index contributed by atoms with van der Waals surface area (Å²) in [5, 5.41) is 11.4. The highest BCUT2D eigenvalue weighted by Gasteiger charge is 1.93. The number of hydrogen-bond donors (Lipinski definition) is 2. The van der Waals surface area contributed by atoms with Crippen molar-refractivity contribution < 1.29 is 14.6 Å². The lowest BCUT2D eigenvalue weighted by Gasteiger charge is -2.06. The summed E-state index contributed by atoms with van der Waals surface area (Å²) in [5.74, 6) is -0.235. The van der Waals surface area contributed by atoms with Crippen molar-refractivity contribution in [2.75, 3.05) is 26.3 Å². The highest BCUT2D eigenvalue weighted by atomic mass is 16.5. The highest BCUT2D eigenvalue weighted by molar-refractivity contribution is 5.79. The van der Waals surface area contributed by atoms with Gasteiger partial charge in [-0.3, -0.25) is 0 Å². The Balaban J connectivity index is 3.08. The second-order valence-electron chi connectivity index (χ2n) is 3.74. The summed E-state index contributed by atoms with van der Waals surface area (Å²) in [4.78, 5) is 10.1. The van der Waals surface area contributed by atoms with Gasteiger partial charge in [0, 0.05) is 25.8 Å². The van der Waals surface area contributed by atoms with Crippen molar-refractivity contribution in [1.29, 1.82) is 0 Å². The molecule has 2 N–H and O–H groups in total. The largest absolute Gasteiger partial charge is 0.478 e. The number of ether oxygens (including phenoxy) is 1. The Morgan fingerprint density at radius 2 is 2.20 bits per heavy atom. The zero-order valence-electron chi connectivity index (χ0n) is 9.53. The molecule has 0 spiro atoms. The predicted octanol–water partition coefficient (Wildman–Crippen LogP) is 1.28. The Kier molecular flexibility index (Phi) is 9.11. The molecule has 0 aromatic heterocycles. The van der Waals surface area contributed by atoms with E-state index in [0.29, 0.717) is 19.1 Å². The molecule has 0 unspecified atom stereocenters. The number of carbonyl (C=O) groups is 1. The van der Waals surface area contributed by atoms with Gasteiger partial charge in [-0.25, -0.2) is 4.79 Å². The number of hydrogen-bond acceptors (Lipinski definition) is 3. The molecule has 15 heavy (non-hydrogen) atoms. The van der Waals surface area contributed by atoms with Gasteiger partial charge in [0.25, 0.3) is 0 Å². The minimum atomic E-state index is -0.912. The summed E-state index contributed by atoms with van der Waals surface area (Å²) >= 11 is 0. The molecule has 0 rings (SSSR count). The summed E-state index contributed by atoms with van der Waals surface area (Å²) in [6, 6.07) is 0. The van der Waals surface area contributed by atoms with Crippen LogP contribution >= 0.6 is 0 Å². The topological polar surface area (TPSA) is 58.6 Å². The van der Waals surface area contributed by atoms with Gasteiger partial charge in [0.05, 0.1) is 6.61 Å². The predicted molar refractivity (Wildman–Crippen MR) is 59.9 cm³/mol. The van der Waals surface area contributed by atoms with E-state index in [1.54, 1.807) is 6.08 Å². The monoisotopic (exact) mass is 215 g/mol. The van der Waals surface area contributed by atoms with Gasteiger partial charge >= 0.3 is 5.97 Å². The summed E-state index contributed by atoms with van der Waals surface area (Å²) < 4.78 is 5.37. The van der Waals surface area contributed by atoms with Crippen molar-refractivity contribution in [3.8, 4) is 0 Å². The quantitative estimate of drug-likeness (QED) is 0.449. The van der Waals surface area contributed by atoms with Crippen LogP contribution in [0, 0.1) is 5.92 Å². The molecule has 88 valence electrons. The van der Waals surface area contributed by atoms with E-state index in [9.17, 15) is 4.79 Å². The normalized spacial score (nSPS) is 11.4. The molecule has 0 aromatic carbocycles. The maximum atomic E-state index is 10.1. The van der Waals surface area contributed by atoms with Gasteiger partial charge in [-0.2, -0.15) is 0 Å². The van der Waals surface area contributed by atoms with Crippen LogP contribution in [0.15, 0.2) is 12.2 Å². The van der Waals surface area contributed by atoms with Gasteiger partial charge in [-0.05, 0) is 12.3 Å². The first-order chi connectivity index (χ1) is 7.13. The van der Waals surface area contributed by atoms with Crippen molar-refractivity contribution in [2.24, 2.45) is 5.92 Å². The van der Waals surface area contributed by atoms with Crippen molar-refractivity contribution in [2.45, 2.75) is 20.3 Å². The number of carboxylic acid groups (broad SMARTS) is 1. The lowest BCUT2D eigenvalue weighted by Crippen LogP contribution is -2.20. The average Bonchev–Trinajstić information content (AvgIpc) is 2.14. The zero-order chi connectivity index (χ0) is 11.5. The van der Waals surface area contributed by atoms with Crippen LogP contribution < -0.4 is 5.32 Å². The number of rotatable bonds is 9. The lowest BCUT2D eigenvalue weighted by molar-refractivity contribution is -0.131. The molecule has 0 aromatic rings. The van der Waals surface area contributed by atoms with Crippen molar-refractivity contribution in [3.05, 3.63) is 12.2 Å². The molecular formula is C11H21NO3. The van der Waals surface area contributed by atoms with E-state index in [4.69, 9.17) is 9.84 Å². The van der Waals surface area contributed by atoms with Crippen LogP contribution in [0.1, 0.15) is 20.3 Å². The molecule has 0 aliphatic carbocycles. The van der Waals surface area contributed by atoms with E-state index in [0.717, 1.165) is 25.6 Å². The zero-order valence-corrected chi connectivity index (χ0v) is 9.53. The number of nitrogens with one attached hydrogen (secondary N) is 1. The van der Waals surface area contributed by atoms with Gasteiger partial charge in [-0.15, -0.1) is 0 Å². The maximum Gasteiger partial charge on any atom is 0.328 e. The van der Waals surface area contributed by atoms with Crippen LogP contribution in [0.2, 0.25) is 0 Å². The van der Waals surface area contributed by atoms with Gasteiger partial charge < -0.3 is 15.2 Å². The van der Waals surface area contributed by atoms with Crippen LogP contribution in [0.4, 0.5) is 0 Å². The molecular weight excluding hydrogens is 194 g/mol. The second-order valence-corrected chi connectivity index (χ2v) is 3.74. The van der Waals surface area contributed by atoms with Crippen LogP contribution in [-0.4, -0.2) is 37.4 Å². The summed E-state index contributed by atoms with van der Waals surface area (Å²) in [6.45, 7) is 7.12. The van der Waals surface area contributed by atoms with Crippen LogP contribution in [0.5, 0.6) is 0 Å². The molecule has 0 aliphatic rings. The third kappa shape index (κ3) is 13.1. The Morgan fingerprint density at radius 3 is 2.80 bits per heavy atom. The van der Waals surface area contributed by atoms with Gasteiger partial charge in [-0.1, -0.05) is 19.9 Å². The molecule has 0 radical (unpaired) electrons. The first-order valence-electron chi connectivity index (χ1n) is 5.31. The van der Waals surface area contributed by atoms with Crippen LogP contribution in [0.25, 0.3) is 0 Å². The van der Waals surface area contributed by atoms with Crippen LogP contribution in [0.3, 0.4) is 0 Å². The highest BCUT2D eigenvalue weighted by Crippen LogP contribution is 1.97. The SMILES string of the molecule is CC(C)CCOCCNC/C=C/C(=O)O. The molecule has 0 fully saturated rings. The van der Waals surface area contributed by atoms with E-state index in [1.165, 1.54) is 0 Å². The maximum absolute atomic E-state index is 10.1. The first kappa shape index (κ1) is 14.1. The Bertz CT molecular complexity index is 190. The van der Waals surface area contributed by atoms with Crippen molar-refractivity contribution >= 4 is 5.97 Å². The van der Waals surface area contributed by atoms with Crippen LogP contribution in [-0.2, 0) is 9.53 Å². The molecule has 0 bridgehead atoms. The summed E-state index contributed by atoms with van der Waals surface area (Å²) in [5.41, 5.74) is 0. The fourth-order valence-electron chi connectivity index (χ4n) is 0.911. The third-order valence-electron chi connectivity index (χ3n) is 1.79. The fraction of sp³-hybridized carbons (Fsp3) is 0.727. The van der Waals surface area contributed by atoms with Crippen molar-refractivity contribution in [1.82, 2.24) is 5.32 Å². The molecule has 0 amide bonds. The second kappa shape index (κ2) is 9.68. The minimum absolute atomic E-state index is 0.569. The van der Waals surface area contributed by atoms with Gasteiger partial charge in [0.2, 0.25) is 0 Å². The molecule has 0 saturated heterocycles. The molecule has 0 atom stereocenters. The lowest BCUT2D eigenvalue weighted by atomic mass is 10.1. The average molecular weight is 215 g/mol. The Hall–Kier alpha value is -0.870. The molecule has 0 heterocycles. The minimum Gasteiger partial charge on any atom is -0.478 e. The van der Waals surface area contributed by atoms with Crippen molar-refractivity contribution in [3.63, 3.8) is 0 Å². The Morgan fingerprint density at radius 1 is 1.47 bits per heavy atom. The number of carboxylic acids is 1. The van der Waals surface area contributed by atoms with Gasteiger partial charge in [0.1, 0.15) is 0 Å². The number of aliphatic carboxylic acids is 1. The van der Waals surface area contributed by atoms with E-state index in [1.807, 2.05) is 0 Å². The standard InChI is InChI=1S/C11H21NO3/c1-10(2)5-8-15-9-7-12-6-3-4-11(13)14/h3-4,10,12H,5-9H2,1-2H3,(H,13,14)/b4-3+. The molecule has 0 aliphatic heterocycles. The smallest absolute Gasteiger partial charge is 0.328 e. The Labute approximate surface area is 91.3 Å². The third-order valence-corrected chi connectivity index (χ3v) is 1.79. The van der Waals surface area contributed by atoms with E-state index in [2.05, 4.69) is 19.2 Å². The van der Waals surface area contributed by atoms with Gasteiger partial charge in [0.15, 0.2) is 0 Å².